The van der Waals surface area contributed by atoms with E-state index in [9.17, 15) is 13.2 Å². The van der Waals surface area contributed by atoms with Gasteiger partial charge in [-0.25, -0.2) is 8.42 Å². The van der Waals surface area contributed by atoms with E-state index in [4.69, 9.17) is 9.15 Å². The molecule has 0 aliphatic carbocycles. The molecule has 148 valence electrons. The summed E-state index contributed by atoms with van der Waals surface area (Å²) in [6, 6.07) is 13.4. The molecule has 0 spiro atoms. The Balaban J connectivity index is 1.58. The summed E-state index contributed by atoms with van der Waals surface area (Å²) in [4.78, 5) is 13.7. The molecule has 0 bridgehead atoms. The zero-order valence-electron chi connectivity index (χ0n) is 15.4. The maximum Gasteiger partial charge on any atom is 0.273 e. The van der Waals surface area contributed by atoms with Crippen molar-refractivity contribution >= 4 is 33.0 Å². The van der Waals surface area contributed by atoms with Crippen molar-refractivity contribution in [3.63, 3.8) is 0 Å². The van der Waals surface area contributed by atoms with Crippen molar-refractivity contribution in [1.82, 2.24) is 4.90 Å². The van der Waals surface area contributed by atoms with Gasteiger partial charge in [-0.05, 0) is 47.8 Å². The molecule has 28 heavy (non-hydrogen) atoms. The monoisotopic (exact) mass is 420 g/mol. The number of benzene rings is 1. The molecule has 3 aromatic rings. The van der Waals surface area contributed by atoms with Crippen molar-refractivity contribution in [2.24, 2.45) is 0 Å². The lowest BCUT2D eigenvalue weighted by Crippen LogP contribution is -2.30. The van der Waals surface area contributed by atoms with E-state index in [0.29, 0.717) is 23.7 Å². The van der Waals surface area contributed by atoms with Gasteiger partial charge in [0.1, 0.15) is 15.7 Å². The summed E-state index contributed by atoms with van der Waals surface area (Å²) in [6.45, 7) is 0.236. The molecule has 0 fully saturated rings. The SMILES string of the molecule is CN(Cc1ccco1)C(=O)COc1ccc(N(C)S(=O)(=O)c2cccs2)cc1. The maximum atomic E-state index is 12.5. The first-order chi connectivity index (χ1) is 13.4. The quantitative estimate of drug-likeness (QED) is 0.559. The average Bonchev–Trinajstić information content (AvgIpc) is 3.40. The van der Waals surface area contributed by atoms with E-state index in [1.807, 2.05) is 0 Å². The van der Waals surface area contributed by atoms with Gasteiger partial charge >= 0.3 is 0 Å². The molecule has 2 heterocycles. The van der Waals surface area contributed by atoms with Crippen molar-refractivity contribution in [2.75, 3.05) is 25.0 Å². The molecular formula is C19H20N2O5S2. The molecule has 7 nitrogen and oxygen atoms in total. The van der Waals surface area contributed by atoms with Crippen LogP contribution in [0.3, 0.4) is 0 Å². The van der Waals surface area contributed by atoms with Crippen LogP contribution in [0.1, 0.15) is 5.76 Å². The molecule has 3 rings (SSSR count). The molecule has 0 saturated heterocycles. The molecule has 0 unspecified atom stereocenters. The van der Waals surface area contributed by atoms with Crippen LogP contribution in [0.4, 0.5) is 5.69 Å². The van der Waals surface area contributed by atoms with E-state index in [1.54, 1.807) is 67.2 Å². The van der Waals surface area contributed by atoms with E-state index in [-0.39, 0.29) is 16.7 Å². The minimum absolute atomic E-state index is 0.125. The van der Waals surface area contributed by atoms with Crippen LogP contribution in [-0.4, -0.2) is 39.9 Å². The van der Waals surface area contributed by atoms with Crippen molar-refractivity contribution in [1.29, 1.82) is 0 Å². The Hall–Kier alpha value is -2.78. The zero-order valence-corrected chi connectivity index (χ0v) is 17.1. The normalized spacial score (nSPS) is 11.2. The summed E-state index contributed by atoms with van der Waals surface area (Å²) < 4.78 is 37.3. The topological polar surface area (TPSA) is 80.1 Å². The number of thiophene rings is 1. The second-order valence-corrected chi connectivity index (χ2v) is 9.16. The number of likely N-dealkylation sites (N-methyl/N-ethyl adjacent to an activating group) is 1. The molecule has 0 aliphatic rings. The highest BCUT2D eigenvalue weighted by Crippen LogP contribution is 2.26. The summed E-state index contributed by atoms with van der Waals surface area (Å²) in [5, 5.41) is 1.72. The Kier molecular flexibility index (Phi) is 6.05. The molecule has 2 aromatic heterocycles. The number of hydrogen-bond acceptors (Lipinski definition) is 6. The van der Waals surface area contributed by atoms with E-state index in [2.05, 4.69) is 0 Å². The van der Waals surface area contributed by atoms with Crippen LogP contribution in [0.5, 0.6) is 5.75 Å². The minimum Gasteiger partial charge on any atom is -0.484 e. The third-order valence-corrected chi connectivity index (χ3v) is 7.23. The summed E-state index contributed by atoms with van der Waals surface area (Å²) in [5.41, 5.74) is 0.502. The van der Waals surface area contributed by atoms with Gasteiger partial charge in [0.15, 0.2) is 6.61 Å². The Bertz CT molecular complexity index is 997. The Labute approximate surface area is 167 Å². The highest BCUT2D eigenvalue weighted by Gasteiger charge is 2.22. The second-order valence-electron chi connectivity index (χ2n) is 6.02. The highest BCUT2D eigenvalue weighted by molar-refractivity contribution is 7.94. The lowest BCUT2D eigenvalue weighted by atomic mass is 10.3. The van der Waals surface area contributed by atoms with Crippen LogP contribution in [-0.2, 0) is 21.4 Å². The van der Waals surface area contributed by atoms with Gasteiger partial charge in [-0.15, -0.1) is 11.3 Å². The number of sulfonamides is 1. The number of hydrogen-bond donors (Lipinski definition) is 0. The molecule has 0 aliphatic heterocycles. The van der Waals surface area contributed by atoms with Gasteiger partial charge in [0, 0.05) is 14.1 Å². The van der Waals surface area contributed by atoms with Gasteiger partial charge < -0.3 is 14.1 Å². The summed E-state index contributed by atoms with van der Waals surface area (Å²) >= 11 is 1.17. The van der Waals surface area contributed by atoms with E-state index >= 15 is 0 Å². The van der Waals surface area contributed by atoms with Gasteiger partial charge in [-0.2, -0.15) is 0 Å². The third-order valence-electron chi connectivity index (χ3n) is 4.07. The predicted octanol–water partition coefficient (Wildman–Crippen LogP) is 3.20. The standard InChI is InChI=1S/C19H20N2O5S2/c1-20(13-17-5-3-11-25-17)18(22)14-26-16-9-7-15(8-10-16)21(2)28(23,24)19-6-4-12-27-19/h3-12H,13-14H2,1-2H3. The zero-order chi connectivity index (χ0) is 20.1. The molecule has 0 N–H and O–H groups in total. The molecule has 9 heteroatoms. The Morgan fingerprint density at radius 1 is 1.11 bits per heavy atom. The van der Waals surface area contributed by atoms with Crippen LogP contribution >= 0.6 is 11.3 Å². The first kappa shape index (κ1) is 20.0. The number of nitrogens with zero attached hydrogens (tertiary/aromatic N) is 2. The van der Waals surface area contributed by atoms with Crippen molar-refractivity contribution in [3.8, 4) is 5.75 Å². The molecular weight excluding hydrogens is 400 g/mol. The van der Waals surface area contributed by atoms with Gasteiger partial charge in [0.05, 0.1) is 18.5 Å². The number of carbonyl (C=O) groups excluding carboxylic acids is 1. The van der Waals surface area contributed by atoms with Crippen molar-refractivity contribution < 1.29 is 22.4 Å². The second kappa shape index (κ2) is 8.49. The molecule has 1 aromatic carbocycles. The van der Waals surface area contributed by atoms with Crippen LogP contribution in [0, 0.1) is 0 Å². The maximum absolute atomic E-state index is 12.5. The van der Waals surface area contributed by atoms with Crippen molar-refractivity contribution in [3.05, 3.63) is 65.9 Å². The van der Waals surface area contributed by atoms with Crippen LogP contribution in [0.25, 0.3) is 0 Å². The predicted molar refractivity (Wildman–Crippen MR) is 107 cm³/mol. The van der Waals surface area contributed by atoms with E-state index in [0.717, 1.165) is 0 Å². The minimum atomic E-state index is -3.58. The largest absolute Gasteiger partial charge is 0.484 e. The first-order valence-electron chi connectivity index (χ1n) is 8.39. The van der Waals surface area contributed by atoms with Gasteiger partial charge in [-0.3, -0.25) is 9.10 Å². The molecule has 0 saturated carbocycles. The number of anilines is 1. The number of furan rings is 1. The summed E-state index contributed by atoms with van der Waals surface area (Å²) in [7, 11) is -0.416. The Morgan fingerprint density at radius 2 is 1.86 bits per heavy atom. The fraction of sp³-hybridized carbons (Fsp3) is 0.211. The molecule has 0 radical (unpaired) electrons. The van der Waals surface area contributed by atoms with E-state index < -0.39 is 10.0 Å². The smallest absolute Gasteiger partial charge is 0.273 e. The lowest BCUT2D eigenvalue weighted by molar-refractivity contribution is -0.132. The fourth-order valence-electron chi connectivity index (χ4n) is 2.42. The lowest BCUT2D eigenvalue weighted by Gasteiger charge is -2.19. The fourth-order valence-corrected chi connectivity index (χ4v) is 4.77. The molecule has 0 atom stereocenters. The average molecular weight is 421 g/mol. The third kappa shape index (κ3) is 4.55. The molecule has 1 amide bonds. The number of carbonyl (C=O) groups is 1. The Morgan fingerprint density at radius 3 is 2.46 bits per heavy atom. The van der Waals surface area contributed by atoms with Crippen molar-refractivity contribution in [2.45, 2.75) is 10.8 Å². The van der Waals surface area contributed by atoms with Crippen LogP contribution in [0.2, 0.25) is 0 Å². The van der Waals surface area contributed by atoms with Gasteiger partial charge in [-0.1, -0.05) is 6.07 Å². The summed E-state index contributed by atoms with van der Waals surface area (Å²) in [5.74, 6) is 0.971. The van der Waals surface area contributed by atoms with Gasteiger partial charge in [0.25, 0.3) is 15.9 Å². The van der Waals surface area contributed by atoms with E-state index in [1.165, 1.54) is 27.6 Å². The number of ether oxygens (including phenoxy) is 1. The number of rotatable bonds is 8. The summed E-state index contributed by atoms with van der Waals surface area (Å²) in [6.07, 6.45) is 1.56. The first-order valence-corrected chi connectivity index (χ1v) is 10.7. The number of amides is 1. The highest BCUT2D eigenvalue weighted by atomic mass is 32.2. The van der Waals surface area contributed by atoms with Crippen LogP contribution in [0.15, 0.2) is 68.8 Å². The van der Waals surface area contributed by atoms with Crippen LogP contribution < -0.4 is 9.04 Å². The van der Waals surface area contributed by atoms with Gasteiger partial charge in [0.2, 0.25) is 0 Å².